The molecule has 0 saturated carbocycles. The minimum atomic E-state index is -0.859. The molecule has 2 saturated heterocycles. The summed E-state index contributed by atoms with van der Waals surface area (Å²) in [6, 6.07) is 16.7. The zero-order chi connectivity index (χ0) is 22.0. The molecule has 0 radical (unpaired) electrons. The zero-order valence-corrected chi connectivity index (χ0v) is 18.1. The summed E-state index contributed by atoms with van der Waals surface area (Å²) >= 11 is 0. The molecule has 2 aliphatic rings. The molecule has 6 nitrogen and oxygen atoms in total. The molecule has 2 aromatic carbocycles. The molecular weight excluding hydrogens is 390 g/mol. The smallest absolute Gasteiger partial charge is 0.323 e. The number of Topliss-reactive ketones (excluding diaryl/α,β-unsaturated/α-hetero) is 1. The van der Waals surface area contributed by atoms with E-state index in [1.807, 2.05) is 42.5 Å². The van der Waals surface area contributed by atoms with Crippen molar-refractivity contribution in [2.75, 3.05) is 26.2 Å². The second-order valence-corrected chi connectivity index (χ2v) is 8.96. The Morgan fingerprint density at radius 1 is 0.968 bits per heavy atom. The van der Waals surface area contributed by atoms with Crippen molar-refractivity contribution in [2.24, 2.45) is 5.92 Å². The first kappa shape index (κ1) is 21.2. The SMILES string of the molecule is CC(C)CN1CCC2(CC1)NC(=O)N(CC(=O)c1ccc(-c3ccccc3)cc1)C2=O. The Kier molecular flexibility index (Phi) is 5.92. The van der Waals surface area contributed by atoms with Crippen LogP contribution in [0.1, 0.15) is 37.0 Å². The van der Waals surface area contributed by atoms with Crippen LogP contribution in [-0.2, 0) is 4.79 Å². The number of nitrogens with zero attached hydrogens (tertiary/aromatic N) is 2. The maximum Gasteiger partial charge on any atom is 0.325 e. The second-order valence-electron chi connectivity index (χ2n) is 8.96. The molecule has 162 valence electrons. The van der Waals surface area contributed by atoms with E-state index in [-0.39, 0.29) is 18.2 Å². The second kappa shape index (κ2) is 8.63. The first-order valence-corrected chi connectivity index (χ1v) is 10.9. The number of ketones is 1. The van der Waals surface area contributed by atoms with Gasteiger partial charge in [0.05, 0.1) is 6.54 Å². The van der Waals surface area contributed by atoms with E-state index in [9.17, 15) is 14.4 Å². The first-order valence-electron chi connectivity index (χ1n) is 10.9. The molecule has 1 spiro atoms. The molecule has 1 N–H and O–H groups in total. The fourth-order valence-electron chi connectivity index (χ4n) is 4.51. The Balaban J connectivity index is 1.41. The number of rotatable bonds is 6. The number of likely N-dealkylation sites (tertiary alicyclic amines) is 1. The normalized spacial score (nSPS) is 18.6. The standard InChI is InChI=1S/C25H29N3O3/c1-18(2)16-27-14-12-25(13-15-27)23(30)28(24(31)26-25)17-22(29)21-10-8-20(9-11-21)19-6-4-3-5-7-19/h3-11,18H,12-17H2,1-2H3,(H,26,31). The van der Waals surface area contributed by atoms with Gasteiger partial charge in [-0.05, 0) is 29.9 Å². The molecule has 4 rings (SSSR count). The van der Waals surface area contributed by atoms with Crippen LogP contribution >= 0.6 is 0 Å². The van der Waals surface area contributed by atoms with Gasteiger partial charge in [0.15, 0.2) is 5.78 Å². The van der Waals surface area contributed by atoms with E-state index in [2.05, 4.69) is 24.1 Å². The van der Waals surface area contributed by atoms with Crippen LogP contribution in [0, 0.1) is 5.92 Å². The highest BCUT2D eigenvalue weighted by Gasteiger charge is 2.52. The highest BCUT2D eigenvalue weighted by molar-refractivity contribution is 6.11. The maximum absolute atomic E-state index is 13.1. The van der Waals surface area contributed by atoms with E-state index in [4.69, 9.17) is 0 Å². The topological polar surface area (TPSA) is 69.7 Å². The molecule has 0 bridgehead atoms. The third kappa shape index (κ3) is 4.39. The van der Waals surface area contributed by atoms with E-state index >= 15 is 0 Å². The lowest BCUT2D eigenvalue weighted by Crippen LogP contribution is -2.55. The molecule has 6 heteroatoms. The number of imide groups is 1. The lowest BCUT2D eigenvalue weighted by Gasteiger charge is -2.37. The van der Waals surface area contributed by atoms with Gasteiger partial charge in [-0.15, -0.1) is 0 Å². The van der Waals surface area contributed by atoms with E-state index in [0.29, 0.717) is 24.3 Å². The number of nitrogens with one attached hydrogen (secondary N) is 1. The van der Waals surface area contributed by atoms with Crippen molar-refractivity contribution in [1.82, 2.24) is 15.1 Å². The van der Waals surface area contributed by atoms with Crippen LogP contribution in [-0.4, -0.2) is 59.2 Å². The molecule has 2 heterocycles. The average Bonchev–Trinajstić information content (AvgIpc) is 3.00. The third-order valence-electron chi connectivity index (χ3n) is 6.19. The van der Waals surface area contributed by atoms with E-state index < -0.39 is 11.6 Å². The first-order chi connectivity index (χ1) is 14.9. The summed E-state index contributed by atoms with van der Waals surface area (Å²) in [5.74, 6) is 0.0543. The van der Waals surface area contributed by atoms with E-state index in [1.165, 1.54) is 0 Å². The minimum Gasteiger partial charge on any atom is -0.323 e. The van der Waals surface area contributed by atoms with Crippen LogP contribution in [0.2, 0.25) is 0 Å². The van der Waals surface area contributed by atoms with Gasteiger partial charge < -0.3 is 10.2 Å². The van der Waals surface area contributed by atoms with Crippen molar-refractivity contribution in [1.29, 1.82) is 0 Å². The van der Waals surface area contributed by atoms with Crippen molar-refractivity contribution >= 4 is 17.7 Å². The quantitative estimate of drug-likeness (QED) is 0.574. The van der Waals surface area contributed by atoms with Crippen molar-refractivity contribution in [2.45, 2.75) is 32.2 Å². The number of urea groups is 1. The number of carbonyl (C=O) groups excluding carboxylic acids is 3. The summed E-state index contributed by atoms with van der Waals surface area (Å²) in [5, 5.41) is 2.89. The number of hydrogen-bond acceptors (Lipinski definition) is 4. The lowest BCUT2D eigenvalue weighted by atomic mass is 9.87. The maximum atomic E-state index is 13.1. The number of piperidine rings is 1. The molecule has 0 atom stereocenters. The average molecular weight is 420 g/mol. The van der Waals surface area contributed by atoms with Gasteiger partial charge in [0.1, 0.15) is 5.54 Å². The van der Waals surface area contributed by atoms with Crippen LogP contribution in [0.25, 0.3) is 11.1 Å². The molecule has 0 unspecified atom stereocenters. The fraction of sp³-hybridized carbons (Fsp3) is 0.400. The Morgan fingerprint density at radius 2 is 1.58 bits per heavy atom. The zero-order valence-electron chi connectivity index (χ0n) is 18.1. The number of benzene rings is 2. The Hall–Kier alpha value is -2.99. The van der Waals surface area contributed by atoms with Crippen LogP contribution in [0.4, 0.5) is 4.79 Å². The summed E-state index contributed by atoms with van der Waals surface area (Å²) in [4.78, 5) is 41.9. The highest BCUT2D eigenvalue weighted by atomic mass is 16.2. The molecule has 31 heavy (non-hydrogen) atoms. The molecule has 0 aliphatic carbocycles. The predicted molar refractivity (Wildman–Crippen MR) is 120 cm³/mol. The van der Waals surface area contributed by atoms with Gasteiger partial charge >= 0.3 is 6.03 Å². The Labute approximate surface area is 183 Å². The fourth-order valence-corrected chi connectivity index (χ4v) is 4.51. The van der Waals surface area contributed by atoms with E-state index in [1.54, 1.807) is 12.1 Å². The van der Waals surface area contributed by atoms with Gasteiger partial charge in [-0.1, -0.05) is 68.4 Å². The Morgan fingerprint density at radius 3 is 2.19 bits per heavy atom. The summed E-state index contributed by atoms with van der Waals surface area (Å²) in [6.45, 7) is 6.64. The van der Waals surface area contributed by atoms with E-state index in [0.717, 1.165) is 35.7 Å². The Bertz CT molecular complexity index is 961. The predicted octanol–water partition coefficient (Wildman–Crippen LogP) is 3.58. The van der Waals surface area contributed by atoms with Gasteiger partial charge in [-0.3, -0.25) is 14.5 Å². The van der Waals surface area contributed by atoms with Gasteiger partial charge in [0.25, 0.3) is 5.91 Å². The molecular formula is C25H29N3O3. The van der Waals surface area contributed by atoms with Gasteiger partial charge in [0.2, 0.25) is 0 Å². The van der Waals surface area contributed by atoms with Gasteiger partial charge in [0, 0.05) is 25.2 Å². The minimum absolute atomic E-state index is 0.229. The lowest BCUT2D eigenvalue weighted by molar-refractivity contribution is -0.132. The highest BCUT2D eigenvalue weighted by Crippen LogP contribution is 2.30. The van der Waals surface area contributed by atoms with Crippen molar-refractivity contribution in [3.63, 3.8) is 0 Å². The summed E-state index contributed by atoms with van der Waals surface area (Å²) < 4.78 is 0. The molecule has 2 aromatic rings. The molecule has 2 fully saturated rings. The van der Waals surface area contributed by atoms with Crippen molar-refractivity contribution in [3.8, 4) is 11.1 Å². The summed E-state index contributed by atoms with van der Waals surface area (Å²) in [6.07, 6.45) is 1.17. The number of amides is 3. The van der Waals surface area contributed by atoms with Crippen LogP contribution < -0.4 is 5.32 Å². The number of hydrogen-bond donors (Lipinski definition) is 1. The summed E-state index contributed by atoms with van der Waals surface area (Å²) in [5.41, 5.74) is 1.72. The monoisotopic (exact) mass is 419 g/mol. The van der Waals surface area contributed by atoms with Gasteiger partial charge in [-0.25, -0.2) is 4.79 Å². The molecule has 3 amide bonds. The number of carbonyl (C=O) groups is 3. The molecule has 0 aromatic heterocycles. The van der Waals surface area contributed by atoms with Crippen LogP contribution in [0.3, 0.4) is 0 Å². The van der Waals surface area contributed by atoms with Crippen LogP contribution in [0.5, 0.6) is 0 Å². The summed E-state index contributed by atoms with van der Waals surface area (Å²) in [7, 11) is 0. The van der Waals surface area contributed by atoms with Crippen LogP contribution in [0.15, 0.2) is 54.6 Å². The third-order valence-corrected chi connectivity index (χ3v) is 6.19. The van der Waals surface area contributed by atoms with Crippen molar-refractivity contribution < 1.29 is 14.4 Å². The largest absolute Gasteiger partial charge is 0.325 e. The van der Waals surface area contributed by atoms with Gasteiger partial charge in [-0.2, -0.15) is 0 Å². The molecule has 2 aliphatic heterocycles. The van der Waals surface area contributed by atoms with Crippen molar-refractivity contribution in [3.05, 3.63) is 60.2 Å².